The van der Waals surface area contributed by atoms with Crippen LogP contribution in [0.1, 0.15) is 38.1 Å². The molecule has 2 rings (SSSR count). The Balaban J connectivity index is 2.03. The van der Waals surface area contributed by atoms with Crippen LogP contribution in [0, 0.1) is 5.92 Å². The number of rotatable bonds is 6. The van der Waals surface area contributed by atoms with Gasteiger partial charge < -0.3 is 9.47 Å². The predicted molar refractivity (Wildman–Crippen MR) is 87.9 cm³/mol. The molecule has 0 unspecified atom stereocenters. The Morgan fingerprint density at radius 1 is 0.773 bits per heavy atom. The third-order valence-electron chi connectivity index (χ3n) is 3.09. The first kappa shape index (κ1) is 16.1. The van der Waals surface area contributed by atoms with E-state index in [0.717, 1.165) is 11.5 Å². The van der Waals surface area contributed by atoms with Crippen molar-refractivity contribution < 1.29 is 14.3 Å². The standard InChI is InChI=1S/C19H22O3/c1-13(2)19(20)15-5-7-17(8-6-15)22-18-11-9-16(10-12-18)21-14(3)4/h5-14H,1-4H3. The van der Waals surface area contributed by atoms with Crippen LogP contribution in [0.25, 0.3) is 0 Å². The molecule has 0 aromatic heterocycles. The number of Topliss-reactive ketones (excluding diaryl/α,β-unsaturated/α-hetero) is 1. The minimum absolute atomic E-state index is 0.000250. The van der Waals surface area contributed by atoms with Crippen LogP contribution in [0.5, 0.6) is 17.2 Å². The van der Waals surface area contributed by atoms with Gasteiger partial charge >= 0.3 is 0 Å². The average molecular weight is 298 g/mol. The lowest BCUT2D eigenvalue weighted by Crippen LogP contribution is -2.06. The monoisotopic (exact) mass is 298 g/mol. The Morgan fingerprint density at radius 2 is 1.23 bits per heavy atom. The number of hydrogen-bond donors (Lipinski definition) is 0. The van der Waals surface area contributed by atoms with E-state index in [4.69, 9.17) is 9.47 Å². The third kappa shape index (κ3) is 4.35. The molecule has 22 heavy (non-hydrogen) atoms. The third-order valence-corrected chi connectivity index (χ3v) is 3.09. The molecule has 0 radical (unpaired) electrons. The van der Waals surface area contributed by atoms with Crippen LogP contribution >= 0.6 is 0 Å². The molecule has 3 heteroatoms. The molecule has 2 aromatic rings. The number of hydrogen-bond acceptors (Lipinski definition) is 3. The summed E-state index contributed by atoms with van der Waals surface area (Å²) in [4.78, 5) is 11.9. The highest BCUT2D eigenvalue weighted by molar-refractivity contribution is 5.97. The van der Waals surface area contributed by atoms with Crippen LogP contribution in [0.4, 0.5) is 0 Å². The van der Waals surface area contributed by atoms with E-state index in [-0.39, 0.29) is 17.8 Å². The van der Waals surface area contributed by atoms with E-state index in [9.17, 15) is 4.79 Å². The maximum atomic E-state index is 11.9. The van der Waals surface area contributed by atoms with E-state index in [2.05, 4.69) is 0 Å². The normalized spacial score (nSPS) is 10.8. The van der Waals surface area contributed by atoms with Crippen molar-refractivity contribution in [1.82, 2.24) is 0 Å². The van der Waals surface area contributed by atoms with Crippen LogP contribution in [-0.2, 0) is 0 Å². The summed E-state index contributed by atoms with van der Waals surface area (Å²) in [6.07, 6.45) is 0.151. The van der Waals surface area contributed by atoms with Gasteiger partial charge in [-0.05, 0) is 62.4 Å². The highest BCUT2D eigenvalue weighted by Gasteiger charge is 2.10. The maximum absolute atomic E-state index is 11.9. The van der Waals surface area contributed by atoms with Crippen molar-refractivity contribution in [3.8, 4) is 17.2 Å². The first-order valence-electron chi connectivity index (χ1n) is 7.54. The molecule has 0 amide bonds. The molecule has 3 nitrogen and oxygen atoms in total. The lowest BCUT2D eigenvalue weighted by atomic mass is 10.0. The highest BCUT2D eigenvalue weighted by atomic mass is 16.5. The molecule has 0 aliphatic heterocycles. The summed E-state index contributed by atoms with van der Waals surface area (Å²) >= 11 is 0. The molecule has 0 N–H and O–H groups in total. The topological polar surface area (TPSA) is 35.5 Å². The van der Waals surface area contributed by atoms with Gasteiger partial charge in [0.1, 0.15) is 17.2 Å². The van der Waals surface area contributed by atoms with Crippen LogP contribution in [0.15, 0.2) is 48.5 Å². The lowest BCUT2D eigenvalue weighted by molar-refractivity contribution is 0.0939. The summed E-state index contributed by atoms with van der Waals surface area (Å²) in [6, 6.07) is 14.7. The lowest BCUT2D eigenvalue weighted by Gasteiger charge is -2.11. The molecule has 0 fully saturated rings. The fraction of sp³-hybridized carbons (Fsp3) is 0.316. The van der Waals surface area contributed by atoms with Gasteiger partial charge in [-0.25, -0.2) is 0 Å². The zero-order chi connectivity index (χ0) is 16.1. The summed E-state index contributed by atoms with van der Waals surface area (Å²) in [7, 11) is 0. The van der Waals surface area contributed by atoms with Gasteiger partial charge in [0, 0.05) is 11.5 Å². The average Bonchev–Trinajstić information content (AvgIpc) is 2.49. The molecule has 0 aliphatic rings. The Morgan fingerprint density at radius 3 is 1.68 bits per heavy atom. The van der Waals surface area contributed by atoms with Crippen LogP contribution in [0.2, 0.25) is 0 Å². The number of ether oxygens (including phenoxy) is 2. The van der Waals surface area contributed by atoms with Crippen molar-refractivity contribution >= 4 is 5.78 Å². The number of ketones is 1. The second-order valence-corrected chi connectivity index (χ2v) is 5.78. The van der Waals surface area contributed by atoms with Gasteiger partial charge in [-0.15, -0.1) is 0 Å². The van der Waals surface area contributed by atoms with E-state index in [1.807, 2.05) is 64.1 Å². The minimum atomic E-state index is 0.000250. The Labute approximate surface area is 131 Å². The van der Waals surface area contributed by atoms with Gasteiger partial charge in [0.2, 0.25) is 0 Å². The first-order chi connectivity index (χ1) is 10.5. The van der Waals surface area contributed by atoms with E-state index in [1.165, 1.54) is 0 Å². The predicted octanol–water partition coefficient (Wildman–Crippen LogP) is 5.10. The molecule has 0 aliphatic carbocycles. The van der Waals surface area contributed by atoms with Crippen molar-refractivity contribution in [2.75, 3.05) is 0 Å². The molecule has 0 atom stereocenters. The molecule has 0 saturated heterocycles. The first-order valence-corrected chi connectivity index (χ1v) is 7.54. The van der Waals surface area contributed by atoms with Crippen molar-refractivity contribution in [2.24, 2.45) is 5.92 Å². The molecule has 0 bridgehead atoms. The SMILES string of the molecule is CC(C)Oc1ccc(Oc2ccc(C(=O)C(C)C)cc2)cc1. The highest BCUT2D eigenvalue weighted by Crippen LogP contribution is 2.25. The molecule has 0 heterocycles. The molecular formula is C19H22O3. The van der Waals surface area contributed by atoms with Crippen molar-refractivity contribution in [3.05, 3.63) is 54.1 Å². The quantitative estimate of drug-likeness (QED) is 0.696. The van der Waals surface area contributed by atoms with Gasteiger partial charge in [0.05, 0.1) is 6.10 Å². The van der Waals surface area contributed by atoms with Gasteiger partial charge in [-0.2, -0.15) is 0 Å². The second-order valence-electron chi connectivity index (χ2n) is 5.78. The summed E-state index contributed by atoms with van der Waals surface area (Å²) in [5, 5.41) is 0. The Bertz CT molecular complexity index is 610. The fourth-order valence-electron chi connectivity index (χ4n) is 2.02. The summed E-state index contributed by atoms with van der Waals surface area (Å²) in [6.45, 7) is 7.77. The summed E-state index contributed by atoms with van der Waals surface area (Å²) < 4.78 is 11.4. The summed E-state index contributed by atoms with van der Waals surface area (Å²) in [5.74, 6) is 2.40. The van der Waals surface area contributed by atoms with E-state index in [0.29, 0.717) is 11.3 Å². The van der Waals surface area contributed by atoms with Gasteiger partial charge in [0.25, 0.3) is 0 Å². The van der Waals surface area contributed by atoms with Crippen LogP contribution in [0.3, 0.4) is 0 Å². The minimum Gasteiger partial charge on any atom is -0.491 e. The molecular weight excluding hydrogens is 276 g/mol. The molecule has 0 spiro atoms. The summed E-state index contributed by atoms with van der Waals surface area (Å²) in [5.41, 5.74) is 0.711. The van der Waals surface area contributed by atoms with Crippen molar-refractivity contribution in [3.63, 3.8) is 0 Å². The van der Waals surface area contributed by atoms with Crippen molar-refractivity contribution in [1.29, 1.82) is 0 Å². The van der Waals surface area contributed by atoms with Crippen LogP contribution in [-0.4, -0.2) is 11.9 Å². The Hall–Kier alpha value is -2.29. The van der Waals surface area contributed by atoms with E-state index >= 15 is 0 Å². The van der Waals surface area contributed by atoms with Gasteiger partial charge in [-0.1, -0.05) is 13.8 Å². The molecule has 116 valence electrons. The zero-order valence-electron chi connectivity index (χ0n) is 13.5. The second kappa shape index (κ2) is 7.12. The molecule has 2 aromatic carbocycles. The maximum Gasteiger partial charge on any atom is 0.165 e. The van der Waals surface area contributed by atoms with Gasteiger partial charge in [0.15, 0.2) is 5.78 Å². The van der Waals surface area contributed by atoms with Gasteiger partial charge in [-0.3, -0.25) is 4.79 Å². The largest absolute Gasteiger partial charge is 0.491 e. The smallest absolute Gasteiger partial charge is 0.165 e. The Kier molecular flexibility index (Phi) is 5.21. The van der Waals surface area contributed by atoms with E-state index in [1.54, 1.807) is 12.1 Å². The van der Waals surface area contributed by atoms with Crippen LogP contribution < -0.4 is 9.47 Å². The fourth-order valence-corrected chi connectivity index (χ4v) is 2.02. The zero-order valence-corrected chi connectivity index (χ0v) is 13.5. The number of carbonyl (C=O) groups excluding carboxylic acids is 1. The van der Waals surface area contributed by atoms with Crippen molar-refractivity contribution in [2.45, 2.75) is 33.8 Å². The number of carbonyl (C=O) groups is 1. The molecule has 0 saturated carbocycles. The number of benzene rings is 2. The van der Waals surface area contributed by atoms with E-state index < -0.39 is 0 Å².